The van der Waals surface area contributed by atoms with Crippen LogP contribution in [0.1, 0.15) is 25.3 Å². The number of carboxylic acid groups (broad SMARTS) is 1. The molecule has 2 N–H and O–H groups in total. The van der Waals surface area contributed by atoms with E-state index in [1.165, 1.54) is 0 Å². The monoisotopic (exact) mass is 295 g/mol. The molecule has 1 aliphatic rings. The maximum absolute atomic E-state index is 12.1. The van der Waals surface area contributed by atoms with Gasteiger partial charge in [0.1, 0.15) is 0 Å². The van der Waals surface area contributed by atoms with Crippen LogP contribution in [0.5, 0.6) is 0 Å². The lowest BCUT2D eigenvalue weighted by atomic mass is 9.95. The van der Waals surface area contributed by atoms with E-state index in [0.717, 1.165) is 5.56 Å². The minimum atomic E-state index is -0.874. The van der Waals surface area contributed by atoms with Gasteiger partial charge in [0.05, 0.1) is 11.8 Å². The van der Waals surface area contributed by atoms with Gasteiger partial charge in [0.2, 0.25) is 5.91 Å². The van der Waals surface area contributed by atoms with Crippen molar-refractivity contribution in [2.45, 2.75) is 26.3 Å². The zero-order chi connectivity index (χ0) is 14.7. The number of halogens is 1. The number of hydrogen-bond acceptors (Lipinski definition) is 2. The van der Waals surface area contributed by atoms with Crippen molar-refractivity contribution < 1.29 is 14.7 Å². The van der Waals surface area contributed by atoms with Gasteiger partial charge >= 0.3 is 5.97 Å². The summed E-state index contributed by atoms with van der Waals surface area (Å²) in [5, 5.41) is 12.6. The van der Waals surface area contributed by atoms with Crippen LogP contribution in [0.4, 0.5) is 0 Å². The molecule has 1 fully saturated rings. The predicted molar refractivity (Wildman–Crippen MR) is 76.3 cm³/mol. The third-order valence-electron chi connectivity index (χ3n) is 3.83. The molecule has 0 heterocycles. The van der Waals surface area contributed by atoms with Gasteiger partial charge in [-0.3, -0.25) is 9.59 Å². The molecule has 0 aliphatic heterocycles. The average molecular weight is 296 g/mol. The molecule has 1 aromatic carbocycles. The average Bonchev–Trinajstić information content (AvgIpc) is 2.80. The second-order valence-corrected chi connectivity index (χ2v) is 5.91. The van der Waals surface area contributed by atoms with Crippen molar-refractivity contribution in [2.24, 2.45) is 17.8 Å². The first-order chi connectivity index (χ1) is 9.47. The zero-order valence-electron chi connectivity index (χ0n) is 11.3. The van der Waals surface area contributed by atoms with Crippen LogP contribution in [0.3, 0.4) is 0 Å². The largest absolute Gasteiger partial charge is 0.481 e. The standard InChI is InChI=1S/C15H18ClNO3/c1-9-6-12(13(7-9)15(19)20)14(18)17-8-10-2-4-11(16)5-3-10/h2-5,9,12-13H,6-8H2,1H3,(H,17,18)(H,19,20). The van der Waals surface area contributed by atoms with Crippen LogP contribution >= 0.6 is 11.6 Å². The minimum Gasteiger partial charge on any atom is -0.481 e. The highest BCUT2D eigenvalue weighted by Gasteiger charge is 2.40. The lowest BCUT2D eigenvalue weighted by Gasteiger charge is -2.15. The molecule has 108 valence electrons. The first-order valence-electron chi connectivity index (χ1n) is 6.72. The molecule has 4 nitrogen and oxygen atoms in total. The van der Waals surface area contributed by atoms with E-state index < -0.39 is 17.8 Å². The minimum absolute atomic E-state index is 0.170. The van der Waals surface area contributed by atoms with E-state index in [2.05, 4.69) is 5.32 Å². The lowest BCUT2D eigenvalue weighted by Crippen LogP contribution is -2.34. The molecule has 0 spiro atoms. The first-order valence-corrected chi connectivity index (χ1v) is 7.10. The number of carboxylic acids is 1. The van der Waals surface area contributed by atoms with Gasteiger partial charge in [0, 0.05) is 11.6 Å². The fourth-order valence-electron chi connectivity index (χ4n) is 2.78. The number of rotatable bonds is 4. The van der Waals surface area contributed by atoms with Gasteiger partial charge in [-0.2, -0.15) is 0 Å². The van der Waals surface area contributed by atoms with Crippen LogP contribution in [0, 0.1) is 17.8 Å². The number of carbonyl (C=O) groups excluding carboxylic acids is 1. The van der Waals surface area contributed by atoms with E-state index in [1.54, 1.807) is 12.1 Å². The normalized spacial score (nSPS) is 25.4. The van der Waals surface area contributed by atoms with Gasteiger partial charge in [-0.1, -0.05) is 30.7 Å². The Bertz CT molecular complexity index is 500. The molecule has 0 aromatic heterocycles. The van der Waals surface area contributed by atoms with Gasteiger partial charge in [-0.05, 0) is 36.5 Å². The Balaban J connectivity index is 1.94. The van der Waals surface area contributed by atoms with E-state index in [1.807, 2.05) is 19.1 Å². The number of hydrogen-bond donors (Lipinski definition) is 2. The van der Waals surface area contributed by atoms with E-state index in [0.29, 0.717) is 24.4 Å². The zero-order valence-corrected chi connectivity index (χ0v) is 12.1. The maximum atomic E-state index is 12.1. The molecule has 1 aliphatic carbocycles. The lowest BCUT2D eigenvalue weighted by molar-refractivity contribution is -0.146. The molecule has 0 saturated heterocycles. The van der Waals surface area contributed by atoms with Gasteiger partial charge in [-0.25, -0.2) is 0 Å². The molecule has 0 bridgehead atoms. The molecule has 1 amide bonds. The van der Waals surface area contributed by atoms with Crippen molar-refractivity contribution >= 4 is 23.5 Å². The summed E-state index contributed by atoms with van der Waals surface area (Å²) < 4.78 is 0. The fraction of sp³-hybridized carbons (Fsp3) is 0.467. The summed E-state index contributed by atoms with van der Waals surface area (Å²) in [7, 11) is 0. The highest BCUT2D eigenvalue weighted by Crippen LogP contribution is 2.36. The highest BCUT2D eigenvalue weighted by molar-refractivity contribution is 6.30. The summed E-state index contributed by atoms with van der Waals surface area (Å²) in [6.07, 6.45) is 1.22. The Morgan fingerprint density at radius 1 is 1.25 bits per heavy atom. The smallest absolute Gasteiger partial charge is 0.307 e. The van der Waals surface area contributed by atoms with Crippen LogP contribution in [0.2, 0.25) is 5.02 Å². The second kappa shape index (κ2) is 6.27. The molecule has 1 aromatic rings. The third kappa shape index (κ3) is 3.51. The second-order valence-electron chi connectivity index (χ2n) is 5.47. The Labute approximate surface area is 123 Å². The molecule has 0 radical (unpaired) electrons. The summed E-state index contributed by atoms with van der Waals surface area (Å²) in [5.74, 6) is -1.75. The Hall–Kier alpha value is -1.55. The van der Waals surface area contributed by atoms with E-state index >= 15 is 0 Å². The topological polar surface area (TPSA) is 66.4 Å². The summed E-state index contributed by atoms with van der Waals surface area (Å²) in [4.78, 5) is 23.3. The van der Waals surface area contributed by atoms with Gasteiger partial charge < -0.3 is 10.4 Å². The highest BCUT2D eigenvalue weighted by atomic mass is 35.5. The molecular formula is C15H18ClNO3. The number of amides is 1. The van der Waals surface area contributed by atoms with Crippen LogP contribution in [-0.4, -0.2) is 17.0 Å². The van der Waals surface area contributed by atoms with Crippen LogP contribution in [0.25, 0.3) is 0 Å². The van der Waals surface area contributed by atoms with Crippen molar-refractivity contribution in [3.05, 3.63) is 34.9 Å². The number of aliphatic carboxylic acids is 1. The first kappa shape index (κ1) is 14.9. The molecule has 3 unspecified atom stereocenters. The van der Waals surface area contributed by atoms with E-state index in [-0.39, 0.29) is 11.8 Å². The quantitative estimate of drug-likeness (QED) is 0.897. The Morgan fingerprint density at radius 3 is 2.45 bits per heavy atom. The molecule has 20 heavy (non-hydrogen) atoms. The number of carbonyl (C=O) groups is 2. The summed E-state index contributed by atoms with van der Waals surface area (Å²) in [6.45, 7) is 2.38. The number of nitrogens with one attached hydrogen (secondary N) is 1. The molecule has 1 saturated carbocycles. The molecule has 3 atom stereocenters. The fourth-order valence-corrected chi connectivity index (χ4v) is 2.90. The summed E-state index contributed by atoms with van der Waals surface area (Å²) in [6, 6.07) is 7.21. The maximum Gasteiger partial charge on any atom is 0.307 e. The predicted octanol–water partition coefficient (Wildman–Crippen LogP) is 2.70. The number of benzene rings is 1. The Morgan fingerprint density at radius 2 is 1.85 bits per heavy atom. The van der Waals surface area contributed by atoms with Crippen molar-refractivity contribution in [3.63, 3.8) is 0 Å². The van der Waals surface area contributed by atoms with Crippen LogP contribution in [-0.2, 0) is 16.1 Å². The summed E-state index contributed by atoms with van der Waals surface area (Å²) >= 11 is 5.80. The van der Waals surface area contributed by atoms with Gasteiger partial charge in [-0.15, -0.1) is 0 Å². The Kier molecular flexibility index (Phi) is 4.65. The van der Waals surface area contributed by atoms with Crippen molar-refractivity contribution in [3.8, 4) is 0 Å². The SMILES string of the molecule is CC1CC(C(=O)O)C(C(=O)NCc2ccc(Cl)cc2)C1. The van der Waals surface area contributed by atoms with Crippen molar-refractivity contribution in [1.29, 1.82) is 0 Å². The van der Waals surface area contributed by atoms with Crippen LogP contribution < -0.4 is 5.32 Å². The van der Waals surface area contributed by atoms with E-state index in [4.69, 9.17) is 11.6 Å². The van der Waals surface area contributed by atoms with Crippen LogP contribution in [0.15, 0.2) is 24.3 Å². The van der Waals surface area contributed by atoms with Gasteiger partial charge in [0.25, 0.3) is 0 Å². The van der Waals surface area contributed by atoms with E-state index in [9.17, 15) is 14.7 Å². The molecule has 5 heteroatoms. The molecule has 2 rings (SSSR count). The van der Waals surface area contributed by atoms with Crippen molar-refractivity contribution in [1.82, 2.24) is 5.32 Å². The van der Waals surface area contributed by atoms with Gasteiger partial charge in [0.15, 0.2) is 0 Å². The third-order valence-corrected chi connectivity index (χ3v) is 4.08. The summed E-state index contributed by atoms with van der Waals surface area (Å²) in [5.41, 5.74) is 0.945. The molecular weight excluding hydrogens is 278 g/mol. The van der Waals surface area contributed by atoms with Crippen molar-refractivity contribution in [2.75, 3.05) is 0 Å².